The largest absolute Gasteiger partial charge is 0.374 e. The second-order valence-electron chi connectivity index (χ2n) is 5.83. The summed E-state index contributed by atoms with van der Waals surface area (Å²) in [6.07, 6.45) is 5.58. The van der Waals surface area contributed by atoms with Crippen LogP contribution < -0.4 is 5.32 Å². The second kappa shape index (κ2) is 6.52. The van der Waals surface area contributed by atoms with E-state index in [0.717, 1.165) is 19.6 Å². The Labute approximate surface area is 116 Å². The van der Waals surface area contributed by atoms with E-state index >= 15 is 0 Å². The molecule has 0 radical (unpaired) electrons. The summed E-state index contributed by atoms with van der Waals surface area (Å²) in [5, 5.41) is 3.29. The monoisotopic (exact) mass is 290 g/mol. The summed E-state index contributed by atoms with van der Waals surface area (Å²) < 4.78 is 28.3. The minimum absolute atomic E-state index is 0.193. The Morgan fingerprint density at radius 3 is 2.95 bits per heavy atom. The third-order valence-corrected chi connectivity index (χ3v) is 5.30. The standard InChI is InChI=1S/C13H26N2O3S/c1-14-12(6-4-8-19(2,16)17)13-9-15-7-3-5-11(15)10-18-13/h11-14H,3-10H2,1-2H3. The van der Waals surface area contributed by atoms with Crippen LogP contribution in [0.1, 0.15) is 25.7 Å². The van der Waals surface area contributed by atoms with Crippen molar-refractivity contribution in [1.82, 2.24) is 10.2 Å². The number of nitrogens with zero attached hydrogens (tertiary/aromatic N) is 1. The normalized spacial score (nSPS) is 30.2. The van der Waals surface area contributed by atoms with Crippen molar-refractivity contribution in [2.24, 2.45) is 0 Å². The fourth-order valence-corrected chi connectivity index (χ4v) is 3.86. The Kier molecular flexibility index (Phi) is 5.22. The molecule has 0 spiro atoms. The summed E-state index contributed by atoms with van der Waals surface area (Å²) in [7, 11) is -0.917. The molecule has 2 heterocycles. The summed E-state index contributed by atoms with van der Waals surface area (Å²) >= 11 is 0. The average Bonchev–Trinajstić information content (AvgIpc) is 2.80. The highest BCUT2D eigenvalue weighted by Crippen LogP contribution is 2.24. The lowest BCUT2D eigenvalue weighted by Gasteiger charge is -2.38. The number of hydrogen-bond donors (Lipinski definition) is 1. The summed E-state index contributed by atoms with van der Waals surface area (Å²) in [5.41, 5.74) is 0. The van der Waals surface area contributed by atoms with Crippen LogP contribution in [0.4, 0.5) is 0 Å². The van der Waals surface area contributed by atoms with Gasteiger partial charge in [-0.05, 0) is 39.3 Å². The number of likely N-dealkylation sites (N-methyl/N-ethyl adjacent to an activating group) is 1. The molecule has 2 fully saturated rings. The van der Waals surface area contributed by atoms with Gasteiger partial charge in [-0.2, -0.15) is 0 Å². The van der Waals surface area contributed by atoms with Crippen molar-refractivity contribution >= 4 is 9.84 Å². The number of sulfone groups is 1. The van der Waals surface area contributed by atoms with Crippen molar-refractivity contribution in [1.29, 1.82) is 0 Å². The van der Waals surface area contributed by atoms with Crippen LogP contribution in [0, 0.1) is 0 Å². The van der Waals surface area contributed by atoms with Crippen LogP contribution in [-0.4, -0.2) is 70.3 Å². The number of ether oxygens (including phenoxy) is 1. The van der Waals surface area contributed by atoms with Crippen molar-refractivity contribution in [3.63, 3.8) is 0 Å². The molecule has 0 aromatic carbocycles. The maximum absolute atomic E-state index is 11.2. The molecule has 1 N–H and O–H groups in total. The van der Waals surface area contributed by atoms with E-state index in [4.69, 9.17) is 4.74 Å². The molecular formula is C13H26N2O3S. The Balaban J connectivity index is 1.80. The van der Waals surface area contributed by atoms with Crippen LogP contribution in [0.5, 0.6) is 0 Å². The SMILES string of the molecule is CNC(CCCS(C)(=O)=O)C1CN2CCCC2CO1. The molecule has 6 heteroatoms. The predicted molar refractivity (Wildman–Crippen MR) is 76.1 cm³/mol. The number of nitrogens with one attached hydrogen (secondary N) is 1. The molecule has 0 aliphatic carbocycles. The predicted octanol–water partition coefficient (Wildman–Crippen LogP) is 0.262. The van der Waals surface area contributed by atoms with Crippen molar-refractivity contribution in [2.45, 2.75) is 43.9 Å². The van der Waals surface area contributed by atoms with Crippen molar-refractivity contribution in [3.8, 4) is 0 Å². The molecule has 112 valence electrons. The molecule has 0 aromatic heterocycles. The summed E-state index contributed by atoms with van der Waals surface area (Å²) in [6, 6.07) is 0.869. The van der Waals surface area contributed by atoms with Crippen molar-refractivity contribution in [3.05, 3.63) is 0 Å². The zero-order valence-electron chi connectivity index (χ0n) is 12.0. The van der Waals surface area contributed by atoms with Crippen LogP contribution in [-0.2, 0) is 14.6 Å². The van der Waals surface area contributed by atoms with Crippen LogP contribution in [0.3, 0.4) is 0 Å². The first-order valence-corrected chi connectivity index (χ1v) is 9.26. The van der Waals surface area contributed by atoms with Crippen LogP contribution in [0.2, 0.25) is 0 Å². The molecule has 19 heavy (non-hydrogen) atoms. The van der Waals surface area contributed by atoms with E-state index in [1.165, 1.54) is 25.6 Å². The maximum Gasteiger partial charge on any atom is 0.147 e. The van der Waals surface area contributed by atoms with Crippen molar-refractivity contribution in [2.75, 3.05) is 38.8 Å². The van der Waals surface area contributed by atoms with Crippen LogP contribution in [0.25, 0.3) is 0 Å². The van der Waals surface area contributed by atoms with Gasteiger partial charge in [0, 0.05) is 30.6 Å². The summed E-state index contributed by atoms with van der Waals surface area (Å²) in [6.45, 7) is 2.99. The number of morpholine rings is 1. The first kappa shape index (κ1) is 15.2. The Bertz CT molecular complexity index is 385. The zero-order chi connectivity index (χ0) is 13.9. The quantitative estimate of drug-likeness (QED) is 0.760. The number of rotatable bonds is 6. The minimum Gasteiger partial charge on any atom is -0.374 e. The Morgan fingerprint density at radius 1 is 1.47 bits per heavy atom. The fourth-order valence-electron chi connectivity index (χ4n) is 3.17. The van der Waals surface area contributed by atoms with Gasteiger partial charge in [0.25, 0.3) is 0 Å². The number of fused-ring (bicyclic) bond motifs is 1. The topological polar surface area (TPSA) is 58.6 Å². The van der Waals surface area contributed by atoms with Gasteiger partial charge in [-0.3, -0.25) is 4.90 Å². The van der Waals surface area contributed by atoms with Gasteiger partial charge in [-0.15, -0.1) is 0 Å². The zero-order valence-corrected chi connectivity index (χ0v) is 12.8. The molecule has 5 nitrogen and oxygen atoms in total. The van der Waals surface area contributed by atoms with E-state index in [0.29, 0.717) is 12.5 Å². The Morgan fingerprint density at radius 2 is 2.26 bits per heavy atom. The van der Waals surface area contributed by atoms with Gasteiger partial charge in [0.15, 0.2) is 0 Å². The fraction of sp³-hybridized carbons (Fsp3) is 1.00. The van der Waals surface area contributed by atoms with E-state index in [1.807, 2.05) is 7.05 Å². The molecular weight excluding hydrogens is 264 g/mol. The third-order valence-electron chi connectivity index (χ3n) is 4.27. The van der Waals surface area contributed by atoms with E-state index in [9.17, 15) is 8.42 Å². The van der Waals surface area contributed by atoms with Gasteiger partial charge in [-0.1, -0.05) is 0 Å². The third kappa shape index (κ3) is 4.41. The molecule has 2 aliphatic heterocycles. The molecule has 0 bridgehead atoms. The van der Waals surface area contributed by atoms with Gasteiger partial charge in [0.05, 0.1) is 12.7 Å². The summed E-state index contributed by atoms with van der Waals surface area (Å²) in [4.78, 5) is 2.52. The van der Waals surface area contributed by atoms with E-state index < -0.39 is 9.84 Å². The van der Waals surface area contributed by atoms with Gasteiger partial charge in [0.2, 0.25) is 0 Å². The first-order chi connectivity index (χ1) is 8.99. The highest BCUT2D eigenvalue weighted by Gasteiger charge is 2.35. The average molecular weight is 290 g/mol. The van der Waals surface area contributed by atoms with Gasteiger partial charge in [0.1, 0.15) is 9.84 Å². The van der Waals surface area contributed by atoms with Gasteiger partial charge in [-0.25, -0.2) is 8.42 Å². The number of hydrogen-bond acceptors (Lipinski definition) is 5. The van der Waals surface area contributed by atoms with E-state index in [-0.39, 0.29) is 17.9 Å². The van der Waals surface area contributed by atoms with E-state index in [2.05, 4.69) is 10.2 Å². The molecule has 3 atom stereocenters. The molecule has 2 rings (SSSR count). The molecule has 3 unspecified atom stereocenters. The summed E-state index contributed by atoms with van der Waals surface area (Å²) in [5.74, 6) is 0.268. The lowest BCUT2D eigenvalue weighted by atomic mass is 10.0. The maximum atomic E-state index is 11.2. The lowest BCUT2D eigenvalue weighted by molar-refractivity contribution is -0.0646. The smallest absolute Gasteiger partial charge is 0.147 e. The molecule has 2 saturated heterocycles. The molecule has 0 saturated carbocycles. The second-order valence-corrected chi connectivity index (χ2v) is 8.09. The van der Waals surface area contributed by atoms with Crippen LogP contribution in [0.15, 0.2) is 0 Å². The van der Waals surface area contributed by atoms with Crippen molar-refractivity contribution < 1.29 is 13.2 Å². The molecule has 0 amide bonds. The molecule has 2 aliphatic rings. The minimum atomic E-state index is -2.85. The van der Waals surface area contributed by atoms with Crippen LogP contribution >= 0.6 is 0 Å². The highest BCUT2D eigenvalue weighted by molar-refractivity contribution is 7.90. The van der Waals surface area contributed by atoms with E-state index in [1.54, 1.807) is 0 Å². The Hall–Kier alpha value is -0.170. The van der Waals surface area contributed by atoms with Gasteiger partial charge < -0.3 is 10.1 Å². The molecule has 0 aromatic rings. The lowest BCUT2D eigenvalue weighted by Crippen LogP contribution is -2.53. The first-order valence-electron chi connectivity index (χ1n) is 7.20. The highest BCUT2D eigenvalue weighted by atomic mass is 32.2. The van der Waals surface area contributed by atoms with Gasteiger partial charge >= 0.3 is 0 Å².